The van der Waals surface area contributed by atoms with Crippen LogP contribution in [0.5, 0.6) is 0 Å². The third kappa shape index (κ3) is 2.67. The van der Waals surface area contributed by atoms with Crippen LogP contribution in [-0.4, -0.2) is 49.2 Å². The summed E-state index contributed by atoms with van der Waals surface area (Å²) in [6.07, 6.45) is 2.74. The zero-order valence-electron chi connectivity index (χ0n) is 11.5. The average Bonchev–Trinajstić information content (AvgIpc) is 2.86. The molecule has 2 rings (SSSR count). The van der Waals surface area contributed by atoms with Gasteiger partial charge in [-0.1, -0.05) is 13.8 Å². The summed E-state index contributed by atoms with van der Waals surface area (Å²) in [4.78, 5) is 31.3. The first-order valence-electron chi connectivity index (χ1n) is 6.52. The van der Waals surface area contributed by atoms with Gasteiger partial charge in [-0.05, 0) is 6.42 Å². The quantitative estimate of drug-likeness (QED) is 0.739. The molecule has 7 nitrogen and oxygen atoms in total. The summed E-state index contributed by atoms with van der Waals surface area (Å²) in [5.74, 6) is -1.46. The number of likely N-dealkylation sites (tertiary alicyclic amines) is 1. The number of nitrogens with one attached hydrogen (secondary N) is 1. The first kappa shape index (κ1) is 14.5. The predicted molar refractivity (Wildman–Crippen MR) is 69.6 cm³/mol. The Morgan fingerprint density at radius 1 is 1.65 bits per heavy atom. The number of carboxylic acids is 1. The van der Waals surface area contributed by atoms with E-state index in [1.54, 1.807) is 0 Å². The Bertz CT molecular complexity index is 498. The molecule has 110 valence electrons. The second-order valence-corrected chi connectivity index (χ2v) is 5.80. The minimum absolute atomic E-state index is 0.0915. The highest BCUT2D eigenvalue weighted by Crippen LogP contribution is 2.35. The molecule has 1 saturated heterocycles. The zero-order valence-corrected chi connectivity index (χ0v) is 11.5. The van der Waals surface area contributed by atoms with Crippen molar-refractivity contribution >= 4 is 11.9 Å². The molecule has 1 aromatic rings. The largest absolute Gasteiger partial charge is 0.480 e. The van der Waals surface area contributed by atoms with Crippen LogP contribution in [0.3, 0.4) is 0 Å². The van der Waals surface area contributed by atoms with Gasteiger partial charge in [-0.2, -0.15) is 0 Å². The van der Waals surface area contributed by atoms with E-state index in [-0.39, 0.29) is 18.7 Å². The molecule has 0 bridgehead atoms. The second kappa shape index (κ2) is 5.24. The maximum Gasteiger partial charge on any atom is 0.326 e. The summed E-state index contributed by atoms with van der Waals surface area (Å²) in [5, 5.41) is 19.7. The summed E-state index contributed by atoms with van der Waals surface area (Å²) in [7, 11) is 0. The molecule has 20 heavy (non-hydrogen) atoms. The lowest BCUT2D eigenvalue weighted by atomic mass is 9.81. The molecule has 0 saturated carbocycles. The third-order valence-electron chi connectivity index (χ3n) is 3.82. The molecule has 0 radical (unpaired) electrons. The maximum absolute atomic E-state index is 12.0. The molecule has 3 N–H and O–H groups in total. The second-order valence-electron chi connectivity index (χ2n) is 5.80. The van der Waals surface area contributed by atoms with Crippen LogP contribution in [0.25, 0.3) is 0 Å². The van der Waals surface area contributed by atoms with E-state index in [9.17, 15) is 19.8 Å². The van der Waals surface area contributed by atoms with Crippen molar-refractivity contribution in [3.63, 3.8) is 0 Å². The highest BCUT2D eigenvalue weighted by Gasteiger charge is 2.45. The number of aliphatic carboxylic acids is 1. The van der Waals surface area contributed by atoms with Crippen molar-refractivity contribution in [1.82, 2.24) is 14.9 Å². The normalized spacial score (nSPS) is 23.6. The Kier molecular flexibility index (Phi) is 3.80. The van der Waals surface area contributed by atoms with E-state index in [1.807, 2.05) is 13.8 Å². The van der Waals surface area contributed by atoms with Crippen molar-refractivity contribution in [2.24, 2.45) is 5.41 Å². The number of carboxylic acid groups (broad SMARTS) is 1. The smallest absolute Gasteiger partial charge is 0.326 e. The lowest BCUT2D eigenvalue weighted by Crippen LogP contribution is -2.59. The van der Waals surface area contributed by atoms with Crippen molar-refractivity contribution in [1.29, 1.82) is 0 Å². The number of aromatic nitrogens is 2. The summed E-state index contributed by atoms with van der Waals surface area (Å²) < 4.78 is 0. The van der Waals surface area contributed by atoms with Gasteiger partial charge in [0.2, 0.25) is 5.91 Å². The molecule has 1 aliphatic rings. The third-order valence-corrected chi connectivity index (χ3v) is 3.82. The lowest BCUT2D eigenvalue weighted by Gasteiger charge is -2.45. The number of piperidine rings is 1. The van der Waals surface area contributed by atoms with E-state index >= 15 is 0 Å². The number of hydrogen-bond acceptors (Lipinski definition) is 4. The van der Waals surface area contributed by atoms with Gasteiger partial charge in [-0.3, -0.25) is 4.79 Å². The number of hydrogen-bond donors (Lipinski definition) is 3. The topological polar surface area (TPSA) is 107 Å². The number of imidazole rings is 1. The van der Waals surface area contributed by atoms with Gasteiger partial charge in [-0.25, -0.2) is 9.78 Å². The number of H-pyrrole nitrogens is 1. The minimum atomic E-state index is -1.13. The SMILES string of the molecule is CC1(C)CCC(=O)N(C(Cc2cnc[nH]2)C(=O)O)C1O. The fourth-order valence-corrected chi connectivity index (χ4v) is 2.45. The maximum atomic E-state index is 12.0. The van der Waals surface area contributed by atoms with Crippen LogP contribution in [0.2, 0.25) is 0 Å². The predicted octanol–water partition coefficient (Wildman–Crippen LogP) is 0.372. The van der Waals surface area contributed by atoms with Crippen molar-refractivity contribution < 1.29 is 19.8 Å². The molecule has 1 aliphatic heterocycles. The molecule has 0 aliphatic carbocycles. The Morgan fingerprint density at radius 3 is 2.90 bits per heavy atom. The molecule has 1 amide bonds. The van der Waals surface area contributed by atoms with Crippen LogP contribution in [0, 0.1) is 5.41 Å². The van der Waals surface area contributed by atoms with Gasteiger partial charge in [0.25, 0.3) is 0 Å². The van der Waals surface area contributed by atoms with E-state index in [0.717, 1.165) is 4.90 Å². The van der Waals surface area contributed by atoms with Crippen LogP contribution in [0.1, 0.15) is 32.4 Å². The molecular weight excluding hydrogens is 262 g/mol. The van der Waals surface area contributed by atoms with Crippen molar-refractivity contribution in [3.05, 3.63) is 18.2 Å². The number of aromatic amines is 1. The molecule has 2 heterocycles. The molecule has 7 heteroatoms. The Hall–Kier alpha value is -1.89. The number of aliphatic hydroxyl groups is 1. The highest BCUT2D eigenvalue weighted by atomic mass is 16.4. The molecule has 1 aromatic heterocycles. The van der Waals surface area contributed by atoms with E-state index in [1.165, 1.54) is 12.5 Å². The fraction of sp³-hybridized carbons (Fsp3) is 0.615. The van der Waals surface area contributed by atoms with Crippen molar-refractivity contribution in [2.75, 3.05) is 0 Å². The van der Waals surface area contributed by atoms with Gasteiger partial charge < -0.3 is 20.1 Å². The number of carbonyl (C=O) groups is 2. The van der Waals surface area contributed by atoms with Crippen molar-refractivity contribution in [3.8, 4) is 0 Å². The first-order valence-corrected chi connectivity index (χ1v) is 6.52. The van der Waals surface area contributed by atoms with Gasteiger partial charge in [0.05, 0.1) is 6.33 Å². The van der Waals surface area contributed by atoms with Gasteiger partial charge in [0.1, 0.15) is 12.3 Å². The molecule has 0 aromatic carbocycles. The Labute approximate surface area is 116 Å². The van der Waals surface area contributed by atoms with E-state index in [4.69, 9.17) is 0 Å². The van der Waals surface area contributed by atoms with Crippen LogP contribution in [0.15, 0.2) is 12.5 Å². The summed E-state index contributed by atoms with van der Waals surface area (Å²) in [6, 6.07) is -1.10. The molecule has 1 fully saturated rings. The first-order chi connectivity index (χ1) is 9.33. The number of nitrogens with zero attached hydrogens (tertiary/aromatic N) is 2. The van der Waals surface area contributed by atoms with Gasteiger partial charge in [-0.15, -0.1) is 0 Å². The lowest BCUT2D eigenvalue weighted by molar-refractivity contribution is -0.178. The standard InChI is InChI=1S/C13H19N3O4/c1-13(2)4-3-10(17)16(12(13)20)9(11(18)19)5-8-6-14-7-15-8/h6-7,9,12,20H,3-5H2,1-2H3,(H,14,15)(H,18,19). The van der Waals surface area contributed by atoms with Crippen LogP contribution < -0.4 is 0 Å². The van der Waals surface area contributed by atoms with Crippen molar-refractivity contribution in [2.45, 2.75) is 45.4 Å². The summed E-state index contributed by atoms with van der Waals surface area (Å²) in [5.41, 5.74) is 0.0936. The Morgan fingerprint density at radius 2 is 2.35 bits per heavy atom. The monoisotopic (exact) mass is 281 g/mol. The summed E-state index contributed by atoms with van der Waals surface area (Å²) in [6.45, 7) is 3.65. The number of rotatable bonds is 4. The molecule has 2 unspecified atom stereocenters. The molecule has 2 atom stereocenters. The molecular formula is C13H19N3O4. The zero-order chi connectivity index (χ0) is 14.9. The van der Waals surface area contributed by atoms with Crippen LogP contribution in [0.4, 0.5) is 0 Å². The van der Waals surface area contributed by atoms with Gasteiger partial charge >= 0.3 is 5.97 Å². The van der Waals surface area contributed by atoms with Crippen LogP contribution >= 0.6 is 0 Å². The average molecular weight is 281 g/mol. The number of aliphatic hydroxyl groups excluding tert-OH is 1. The highest BCUT2D eigenvalue weighted by molar-refractivity contribution is 5.84. The van der Waals surface area contributed by atoms with Gasteiger partial charge in [0.15, 0.2) is 0 Å². The van der Waals surface area contributed by atoms with Gasteiger partial charge in [0, 0.05) is 30.1 Å². The summed E-state index contributed by atoms with van der Waals surface area (Å²) >= 11 is 0. The van der Waals surface area contributed by atoms with E-state index < -0.39 is 23.7 Å². The molecule has 0 spiro atoms. The number of carbonyl (C=O) groups excluding carboxylic acids is 1. The van der Waals surface area contributed by atoms with E-state index in [2.05, 4.69) is 9.97 Å². The van der Waals surface area contributed by atoms with E-state index in [0.29, 0.717) is 12.1 Å². The van der Waals surface area contributed by atoms with Crippen LogP contribution in [-0.2, 0) is 16.0 Å². The Balaban J connectivity index is 2.27. The fourth-order valence-electron chi connectivity index (χ4n) is 2.45. The minimum Gasteiger partial charge on any atom is -0.480 e. The number of amides is 1.